The number of fused-ring (bicyclic) bond motifs is 4. The molecule has 3 N–H and O–H groups in total. The van der Waals surface area contributed by atoms with E-state index in [1.165, 1.54) is 12.1 Å². The molecule has 0 bridgehead atoms. The van der Waals surface area contributed by atoms with Gasteiger partial charge < -0.3 is 25.2 Å². The molecule has 2 amide bonds. The number of nitrogens with zero attached hydrogens (tertiary/aromatic N) is 2. The van der Waals surface area contributed by atoms with Crippen LogP contribution in [0.4, 0.5) is 19.0 Å². The third-order valence-corrected chi connectivity index (χ3v) is 8.85. The molecular formula is C32H31F3N4O5. The highest BCUT2D eigenvalue weighted by molar-refractivity contribution is 5.94. The van der Waals surface area contributed by atoms with E-state index in [2.05, 4.69) is 15.6 Å². The number of rotatable bonds is 7. The normalized spacial score (nSPS) is 24.0. The number of pyridine rings is 1. The van der Waals surface area contributed by atoms with Gasteiger partial charge in [-0.25, -0.2) is 4.98 Å². The number of hydrogen-bond acceptors (Lipinski definition) is 7. The standard InChI is InChI=1S/C32H31F3N4O5/c33-32(34,35)24-12-17(3-4-18(24)15-39-11-1-2-19(40)16-39)31(42)37-14-23-28-22-13-20(5-7-25(22)44-29(23)28)43-26-9-10-36-30-21(26)6-8-27(41)38-30/h3-5,7,9-10,12-13,19,23,28-29,40H,1-2,6,8,11,14-16H2,(H,37,42)(H,36,38,41)/t19-,23?,28-,29+/m0/s1. The number of amides is 2. The van der Waals surface area contributed by atoms with Crippen molar-refractivity contribution in [2.75, 3.05) is 25.0 Å². The van der Waals surface area contributed by atoms with E-state index in [4.69, 9.17) is 9.47 Å². The minimum Gasteiger partial charge on any atom is -0.489 e. The van der Waals surface area contributed by atoms with Gasteiger partial charge in [0.2, 0.25) is 5.91 Å². The van der Waals surface area contributed by atoms with E-state index in [1.54, 1.807) is 12.3 Å². The maximum Gasteiger partial charge on any atom is 0.416 e. The first-order chi connectivity index (χ1) is 21.1. The summed E-state index contributed by atoms with van der Waals surface area (Å²) in [6.45, 7) is 1.25. The molecule has 12 heteroatoms. The summed E-state index contributed by atoms with van der Waals surface area (Å²) in [6.07, 6.45) is -1.45. The van der Waals surface area contributed by atoms with E-state index in [-0.39, 0.29) is 48.1 Å². The summed E-state index contributed by atoms with van der Waals surface area (Å²) in [5.41, 5.74) is 0.978. The van der Waals surface area contributed by atoms with Crippen LogP contribution in [0.25, 0.3) is 0 Å². The van der Waals surface area contributed by atoms with Crippen LogP contribution >= 0.6 is 0 Å². The van der Waals surface area contributed by atoms with Gasteiger partial charge in [-0.05, 0) is 67.8 Å². The number of nitrogens with one attached hydrogen (secondary N) is 2. The lowest BCUT2D eigenvalue weighted by molar-refractivity contribution is -0.138. The second-order valence-electron chi connectivity index (χ2n) is 11.9. The van der Waals surface area contributed by atoms with E-state index < -0.39 is 23.8 Å². The van der Waals surface area contributed by atoms with Gasteiger partial charge in [0.1, 0.15) is 29.2 Å². The van der Waals surface area contributed by atoms with E-state index in [0.717, 1.165) is 29.4 Å². The van der Waals surface area contributed by atoms with E-state index in [1.807, 2.05) is 23.1 Å². The van der Waals surface area contributed by atoms with Gasteiger partial charge in [-0.15, -0.1) is 0 Å². The molecule has 1 aliphatic carbocycles. The van der Waals surface area contributed by atoms with Crippen LogP contribution in [0, 0.1) is 5.92 Å². The molecule has 1 saturated carbocycles. The van der Waals surface area contributed by atoms with Crippen molar-refractivity contribution in [3.63, 3.8) is 0 Å². The molecule has 7 rings (SSSR count). The highest BCUT2D eigenvalue weighted by Gasteiger charge is 2.58. The first-order valence-corrected chi connectivity index (χ1v) is 14.8. The number of likely N-dealkylation sites (tertiary alicyclic amines) is 1. The zero-order chi connectivity index (χ0) is 30.6. The minimum absolute atomic E-state index is 0.0162. The highest BCUT2D eigenvalue weighted by atomic mass is 19.4. The summed E-state index contributed by atoms with van der Waals surface area (Å²) in [5.74, 6) is 1.82. The maximum atomic E-state index is 14.0. The molecule has 230 valence electrons. The molecule has 44 heavy (non-hydrogen) atoms. The number of aliphatic hydroxyl groups excluding tert-OH is 1. The van der Waals surface area contributed by atoms with Gasteiger partial charge >= 0.3 is 6.18 Å². The smallest absolute Gasteiger partial charge is 0.416 e. The van der Waals surface area contributed by atoms with Crippen molar-refractivity contribution in [2.24, 2.45) is 5.92 Å². The average molecular weight is 609 g/mol. The third kappa shape index (κ3) is 5.59. The van der Waals surface area contributed by atoms with Crippen LogP contribution in [0.1, 0.15) is 57.8 Å². The summed E-state index contributed by atoms with van der Waals surface area (Å²) >= 11 is 0. The second-order valence-corrected chi connectivity index (χ2v) is 11.9. The van der Waals surface area contributed by atoms with Crippen molar-refractivity contribution in [2.45, 2.75) is 56.5 Å². The molecule has 9 nitrogen and oxygen atoms in total. The molecule has 2 fully saturated rings. The molecule has 0 spiro atoms. The number of β-amino-alcohol motifs (C(OH)–C–C–N with tert-alkyl or cyclic N) is 1. The molecule has 4 heterocycles. The van der Waals surface area contributed by atoms with Gasteiger partial charge in [0, 0.05) is 60.8 Å². The number of hydrogen-bond donors (Lipinski definition) is 3. The van der Waals surface area contributed by atoms with Gasteiger partial charge in [-0.3, -0.25) is 14.5 Å². The van der Waals surface area contributed by atoms with Crippen molar-refractivity contribution in [3.05, 3.63) is 76.5 Å². The predicted molar refractivity (Wildman–Crippen MR) is 153 cm³/mol. The maximum absolute atomic E-state index is 14.0. The van der Waals surface area contributed by atoms with Gasteiger partial charge in [-0.2, -0.15) is 13.2 Å². The van der Waals surface area contributed by atoms with Crippen molar-refractivity contribution in [3.8, 4) is 17.2 Å². The Balaban J connectivity index is 1.00. The fraction of sp³-hybridized carbons (Fsp3) is 0.406. The number of anilines is 1. The Morgan fingerprint density at radius 3 is 2.86 bits per heavy atom. The Morgan fingerprint density at radius 1 is 1.18 bits per heavy atom. The molecule has 1 aromatic heterocycles. The molecule has 0 radical (unpaired) electrons. The lowest BCUT2D eigenvalue weighted by Gasteiger charge is -2.30. The Bertz CT molecular complexity index is 1630. The first kappa shape index (κ1) is 28.6. The molecule has 1 unspecified atom stereocenters. The van der Waals surface area contributed by atoms with Crippen molar-refractivity contribution in [1.29, 1.82) is 0 Å². The third-order valence-electron chi connectivity index (χ3n) is 8.85. The zero-order valence-corrected chi connectivity index (χ0v) is 23.7. The number of ether oxygens (including phenoxy) is 2. The quantitative estimate of drug-likeness (QED) is 0.358. The predicted octanol–water partition coefficient (Wildman–Crippen LogP) is 4.64. The Labute approximate surface area is 251 Å². The van der Waals surface area contributed by atoms with Crippen molar-refractivity contribution >= 4 is 17.6 Å². The van der Waals surface area contributed by atoms with E-state index in [0.29, 0.717) is 49.7 Å². The second kappa shape index (κ2) is 11.1. The van der Waals surface area contributed by atoms with Gasteiger partial charge in [0.05, 0.1) is 11.7 Å². The number of halogens is 3. The summed E-state index contributed by atoms with van der Waals surface area (Å²) in [5, 5.41) is 15.5. The SMILES string of the molecule is O=C1CCc2c(Oc3ccc4c(c3)[C@H]3C(CNC(=O)c5ccc(CN6CCC[C@H](O)C6)c(C(F)(F)F)c5)[C@H]3O4)ccnc2N1. The average Bonchev–Trinajstić information content (AvgIpc) is 3.54. The fourth-order valence-corrected chi connectivity index (χ4v) is 6.59. The molecule has 1 saturated heterocycles. The Morgan fingerprint density at radius 2 is 2.05 bits per heavy atom. The summed E-state index contributed by atoms with van der Waals surface area (Å²) in [6, 6.07) is 11.0. The van der Waals surface area contributed by atoms with Gasteiger partial charge in [-0.1, -0.05) is 6.07 Å². The zero-order valence-electron chi connectivity index (χ0n) is 23.7. The minimum atomic E-state index is -4.62. The van der Waals surface area contributed by atoms with Gasteiger partial charge in [0.15, 0.2) is 0 Å². The van der Waals surface area contributed by atoms with Crippen LogP contribution in [0.15, 0.2) is 48.7 Å². The molecule has 2 aromatic carbocycles. The number of carbonyl (C=O) groups is 2. The van der Waals surface area contributed by atoms with E-state index >= 15 is 0 Å². The lowest BCUT2D eigenvalue weighted by Crippen LogP contribution is -2.38. The number of piperidine rings is 1. The van der Waals surface area contributed by atoms with Crippen LogP contribution < -0.4 is 20.1 Å². The molecular weight excluding hydrogens is 577 g/mol. The lowest BCUT2D eigenvalue weighted by atomic mass is 10.0. The number of aromatic nitrogens is 1. The monoisotopic (exact) mass is 608 g/mol. The largest absolute Gasteiger partial charge is 0.489 e. The number of alkyl halides is 3. The van der Waals surface area contributed by atoms with Crippen LogP contribution in [-0.4, -0.2) is 58.6 Å². The van der Waals surface area contributed by atoms with Crippen molar-refractivity contribution in [1.82, 2.24) is 15.2 Å². The summed E-state index contributed by atoms with van der Waals surface area (Å²) < 4.78 is 54.1. The molecule has 4 aliphatic rings. The summed E-state index contributed by atoms with van der Waals surface area (Å²) in [4.78, 5) is 30.7. The van der Waals surface area contributed by atoms with Crippen molar-refractivity contribution < 1.29 is 37.3 Å². The summed E-state index contributed by atoms with van der Waals surface area (Å²) in [7, 11) is 0. The van der Waals surface area contributed by atoms with Gasteiger partial charge in [0.25, 0.3) is 5.91 Å². The van der Waals surface area contributed by atoms with E-state index in [9.17, 15) is 27.9 Å². The Kier molecular flexibility index (Phi) is 7.20. The first-order valence-electron chi connectivity index (χ1n) is 14.8. The van der Waals surface area contributed by atoms with Crippen LogP contribution in [0.2, 0.25) is 0 Å². The number of aliphatic hydroxyl groups is 1. The molecule has 4 atom stereocenters. The van der Waals surface area contributed by atoms with Crippen LogP contribution in [0.5, 0.6) is 17.2 Å². The topological polar surface area (TPSA) is 113 Å². The highest BCUT2D eigenvalue weighted by Crippen LogP contribution is 2.58. The fourth-order valence-electron chi connectivity index (χ4n) is 6.59. The number of benzene rings is 2. The molecule has 3 aliphatic heterocycles. The van der Waals surface area contributed by atoms with Crippen LogP contribution in [0.3, 0.4) is 0 Å². The number of carbonyl (C=O) groups excluding carboxylic acids is 2. The van der Waals surface area contributed by atoms with Crippen LogP contribution in [-0.2, 0) is 23.9 Å². The Hall–Kier alpha value is -4.16. The molecule has 3 aromatic rings.